The first-order chi connectivity index (χ1) is 13.3. The van der Waals surface area contributed by atoms with E-state index in [2.05, 4.69) is 24.1 Å². The van der Waals surface area contributed by atoms with Crippen molar-refractivity contribution in [3.63, 3.8) is 0 Å². The highest BCUT2D eigenvalue weighted by molar-refractivity contribution is 6.00. The molecule has 2 aliphatic heterocycles. The van der Waals surface area contributed by atoms with E-state index in [-0.39, 0.29) is 30.3 Å². The Balaban J connectivity index is 1.53. The van der Waals surface area contributed by atoms with E-state index in [0.29, 0.717) is 25.6 Å². The smallest absolute Gasteiger partial charge is 0.227 e. The molecule has 0 aliphatic carbocycles. The summed E-state index contributed by atoms with van der Waals surface area (Å²) in [7, 11) is 0. The lowest BCUT2D eigenvalue weighted by atomic mass is 10.1. The molecule has 0 spiro atoms. The van der Waals surface area contributed by atoms with Gasteiger partial charge in [0.25, 0.3) is 0 Å². The summed E-state index contributed by atoms with van der Waals surface area (Å²) in [6, 6.07) is 5.96. The van der Waals surface area contributed by atoms with Crippen molar-refractivity contribution in [3.05, 3.63) is 29.3 Å². The molecule has 3 rings (SSSR count). The summed E-state index contributed by atoms with van der Waals surface area (Å²) in [6.07, 6.45) is 0.285. The lowest BCUT2D eigenvalue weighted by molar-refractivity contribution is -0.127. The number of amides is 2. The van der Waals surface area contributed by atoms with Gasteiger partial charge in [0.15, 0.2) is 0 Å². The highest BCUT2D eigenvalue weighted by Gasteiger charge is 2.36. The van der Waals surface area contributed by atoms with Gasteiger partial charge in [0.1, 0.15) is 0 Å². The van der Waals surface area contributed by atoms with E-state index in [1.165, 1.54) is 0 Å². The second-order valence-electron chi connectivity index (χ2n) is 8.52. The van der Waals surface area contributed by atoms with Gasteiger partial charge < -0.3 is 15.0 Å². The zero-order valence-corrected chi connectivity index (χ0v) is 17.5. The van der Waals surface area contributed by atoms with Gasteiger partial charge in [0.05, 0.1) is 18.6 Å². The molecule has 2 unspecified atom stereocenters. The maximum atomic E-state index is 12.7. The minimum Gasteiger partial charge on any atom is -0.374 e. The molecule has 1 aromatic rings. The van der Waals surface area contributed by atoms with Crippen LogP contribution in [0.25, 0.3) is 0 Å². The van der Waals surface area contributed by atoms with E-state index in [1.54, 1.807) is 4.90 Å². The summed E-state index contributed by atoms with van der Waals surface area (Å²) in [5.74, 6) is 0.285. The fourth-order valence-corrected chi connectivity index (χ4v) is 4.09. The Morgan fingerprint density at radius 1 is 1.29 bits per heavy atom. The van der Waals surface area contributed by atoms with E-state index in [4.69, 9.17) is 4.74 Å². The van der Waals surface area contributed by atoms with Crippen LogP contribution in [0, 0.1) is 25.7 Å². The molecular formula is C22H33N3O3. The van der Waals surface area contributed by atoms with Crippen molar-refractivity contribution < 1.29 is 14.3 Å². The standard InChI is InChI=1S/C22H33N3O3/c1-15(2)12-24-8-9-28-19(14-24)11-23-22(27)18-10-21(26)25(13-18)20-7-5-6-16(3)17(20)4/h5-7,15,18-19H,8-14H2,1-4H3,(H,23,27). The molecule has 2 fully saturated rings. The van der Waals surface area contributed by atoms with Gasteiger partial charge in [0, 0.05) is 44.8 Å². The predicted octanol–water partition coefficient (Wildman–Crippen LogP) is 2.13. The Morgan fingerprint density at radius 2 is 2.07 bits per heavy atom. The van der Waals surface area contributed by atoms with Crippen LogP contribution in [-0.2, 0) is 14.3 Å². The average molecular weight is 388 g/mol. The zero-order chi connectivity index (χ0) is 20.3. The summed E-state index contributed by atoms with van der Waals surface area (Å²) < 4.78 is 5.81. The number of hydrogen-bond acceptors (Lipinski definition) is 4. The third kappa shape index (κ3) is 4.92. The molecule has 2 aliphatic rings. The first-order valence-corrected chi connectivity index (χ1v) is 10.3. The molecule has 2 amide bonds. The number of rotatable bonds is 6. The van der Waals surface area contributed by atoms with E-state index < -0.39 is 0 Å². The Morgan fingerprint density at radius 3 is 2.82 bits per heavy atom. The largest absolute Gasteiger partial charge is 0.374 e. The molecule has 0 aromatic heterocycles. The average Bonchev–Trinajstić information content (AvgIpc) is 3.03. The third-order valence-corrected chi connectivity index (χ3v) is 5.71. The van der Waals surface area contributed by atoms with Gasteiger partial charge in [-0.05, 0) is 37.0 Å². The van der Waals surface area contributed by atoms with Crippen LogP contribution in [0.4, 0.5) is 5.69 Å². The van der Waals surface area contributed by atoms with Crippen LogP contribution in [0.5, 0.6) is 0 Å². The van der Waals surface area contributed by atoms with Crippen LogP contribution in [-0.4, -0.2) is 62.1 Å². The van der Waals surface area contributed by atoms with Crippen LogP contribution in [0.2, 0.25) is 0 Å². The molecule has 2 atom stereocenters. The number of anilines is 1. The topological polar surface area (TPSA) is 61.9 Å². The van der Waals surface area contributed by atoms with Crippen LogP contribution < -0.4 is 10.2 Å². The molecule has 1 aromatic carbocycles. The number of benzene rings is 1. The summed E-state index contributed by atoms with van der Waals surface area (Å²) >= 11 is 0. The van der Waals surface area contributed by atoms with Gasteiger partial charge in [-0.1, -0.05) is 26.0 Å². The Hall–Kier alpha value is -1.92. The van der Waals surface area contributed by atoms with Gasteiger partial charge in [0.2, 0.25) is 11.8 Å². The molecule has 28 heavy (non-hydrogen) atoms. The monoisotopic (exact) mass is 387 g/mol. The predicted molar refractivity (Wildman–Crippen MR) is 110 cm³/mol. The van der Waals surface area contributed by atoms with Gasteiger partial charge in [-0.2, -0.15) is 0 Å². The van der Waals surface area contributed by atoms with E-state index in [1.807, 2.05) is 32.0 Å². The highest BCUT2D eigenvalue weighted by atomic mass is 16.5. The number of carbonyl (C=O) groups excluding carboxylic acids is 2. The lowest BCUT2D eigenvalue weighted by Crippen LogP contribution is -2.49. The number of morpholine rings is 1. The Kier molecular flexibility index (Phi) is 6.73. The summed E-state index contributed by atoms with van der Waals surface area (Å²) in [5.41, 5.74) is 3.16. The number of ether oxygens (including phenoxy) is 1. The van der Waals surface area contributed by atoms with Gasteiger partial charge >= 0.3 is 0 Å². The number of hydrogen-bond donors (Lipinski definition) is 1. The fraction of sp³-hybridized carbons (Fsp3) is 0.636. The fourth-order valence-electron chi connectivity index (χ4n) is 4.09. The molecule has 0 saturated carbocycles. The number of aryl methyl sites for hydroxylation is 1. The third-order valence-electron chi connectivity index (χ3n) is 5.71. The molecule has 2 heterocycles. The zero-order valence-electron chi connectivity index (χ0n) is 17.5. The number of nitrogens with zero attached hydrogens (tertiary/aromatic N) is 2. The van der Waals surface area contributed by atoms with Gasteiger partial charge in [-0.3, -0.25) is 14.5 Å². The van der Waals surface area contributed by atoms with Crippen LogP contribution in [0.3, 0.4) is 0 Å². The van der Waals surface area contributed by atoms with Crippen molar-refractivity contribution in [2.45, 2.75) is 40.2 Å². The summed E-state index contributed by atoms with van der Waals surface area (Å²) in [5, 5.41) is 3.02. The minimum atomic E-state index is -0.303. The second-order valence-corrected chi connectivity index (χ2v) is 8.52. The Labute approximate surface area is 168 Å². The van der Waals surface area contributed by atoms with Crippen LogP contribution >= 0.6 is 0 Å². The molecule has 6 nitrogen and oxygen atoms in total. The maximum Gasteiger partial charge on any atom is 0.227 e. The number of carbonyl (C=O) groups is 2. The van der Waals surface area contributed by atoms with E-state index in [0.717, 1.165) is 36.4 Å². The SMILES string of the molecule is Cc1cccc(N2CC(C(=O)NCC3CN(CC(C)C)CCO3)CC2=O)c1C. The maximum absolute atomic E-state index is 12.7. The molecule has 154 valence electrons. The minimum absolute atomic E-state index is 0.0173. The molecular weight excluding hydrogens is 354 g/mol. The van der Waals surface area contributed by atoms with Crippen molar-refractivity contribution in [3.8, 4) is 0 Å². The van der Waals surface area contributed by atoms with Gasteiger partial charge in [-0.15, -0.1) is 0 Å². The van der Waals surface area contributed by atoms with Gasteiger partial charge in [-0.25, -0.2) is 0 Å². The number of nitrogens with one attached hydrogen (secondary N) is 1. The summed E-state index contributed by atoms with van der Waals surface area (Å²) in [4.78, 5) is 29.3. The van der Waals surface area contributed by atoms with Crippen molar-refractivity contribution in [1.29, 1.82) is 0 Å². The lowest BCUT2D eigenvalue weighted by Gasteiger charge is -2.34. The molecule has 6 heteroatoms. The van der Waals surface area contributed by atoms with Crippen LogP contribution in [0.1, 0.15) is 31.4 Å². The first kappa shape index (κ1) is 20.8. The van der Waals surface area contributed by atoms with Crippen molar-refractivity contribution >= 4 is 17.5 Å². The van der Waals surface area contributed by atoms with Crippen molar-refractivity contribution in [2.24, 2.45) is 11.8 Å². The van der Waals surface area contributed by atoms with E-state index >= 15 is 0 Å². The van der Waals surface area contributed by atoms with Crippen molar-refractivity contribution in [2.75, 3.05) is 44.2 Å². The molecule has 2 saturated heterocycles. The quantitative estimate of drug-likeness (QED) is 0.812. The summed E-state index contributed by atoms with van der Waals surface area (Å²) in [6.45, 7) is 13.0. The highest BCUT2D eigenvalue weighted by Crippen LogP contribution is 2.29. The second kappa shape index (κ2) is 9.05. The molecule has 0 bridgehead atoms. The van der Waals surface area contributed by atoms with Crippen molar-refractivity contribution in [1.82, 2.24) is 10.2 Å². The molecule has 0 radical (unpaired) electrons. The van der Waals surface area contributed by atoms with Crippen LogP contribution in [0.15, 0.2) is 18.2 Å². The normalized spacial score (nSPS) is 23.5. The van der Waals surface area contributed by atoms with E-state index in [9.17, 15) is 9.59 Å². The Bertz CT molecular complexity index is 719. The first-order valence-electron chi connectivity index (χ1n) is 10.3. The molecule has 1 N–H and O–H groups in total.